The van der Waals surface area contributed by atoms with Gasteiger partial charge < -0.3 is 20.4 Å². The summed E-state index contributed by atoms with van der Waals surface area (Å²) in [7, 11) is 0. The number of aldehydes is 2. The Morgan fingerprint density at radius 2 is 1.53 bits per heavy atom. The summed E-state index contributed by atoms with van der Waals surface area (Å²) in [4.78, 5) is 22.7. The van der Waals surface area contributed by atoms with Crippen LogP contribution in [-0.4, -0.2) is 38.6 Å². The Morgan fingerprint density at radius 3 is 2.09 bits per heavy atom. The molecule has 0 spiro atoms. The Labute approximate surface area is 202 Å². The highest BCUT2D eigenvalue weighted by Gasteiger charge is 2.71. The molecule has 3 aliphatic rings. The molecule has 0 bridgehead atoms. The van der Waals surface area contributed by atoms with E-state index in [1.807, 2.05) is 6.92 Å². The number of hydrogen-bond acceptors (Lipinski definition) is 6. The van der Waals surface area contributed by atoms with Crippen LogP contribution >= 0.6 is 0 Å². The molecular weight excluding hydrogens is 432 g/mol. The van der Waals surface area contributed by atoms with Crippen molar-refractivity contribution in [2.75, 3.05) is 0 Å². The van der Waals surface area contributed by atoms with E-state index in [-0.39, 0.29) is 28.0 Å². The van der Waals surface area contributed by atoms with Crippen molar-refractivity contribution < 1.29 is 30.0 Å². The largest absolute Gasteiger partial charge is 0.507 e. The Morgan fingerprint density at radius 1 is 0.941 bits per heavy atom. The molecule has 3 fully saturated rings. The number of carbonyl (C=O) groups is 2. The molecule has 3 saturated carbocycles. The van der Waals surface area contributed by atoms with Crippen LogP contribution in [0.15, 0.2) is 0 Å². The number of phenolic OH excluding ortho intramolecular Hbond substituents is 3. The Hall–Kier alpha value is -2.08. The highest BCUT2D eigenvalue weighted by Crippen LogP contribution is 2.75. The van der Waals surface area contributed by atoms with Crippen LogP contribution in [0.1, 0.15) is 99.4 Å². The summed E-state index contributed by atoms with van der Waals surface area (Å²) in [6, 6.07) is 0. The predicted octanol–water partition coefficient (Wildman–Crippen LogP) is 5.24. The van der Waals surface area contributed by atoms with Gasteiger partial charge >= 0.3 is 0 Å². The third kappa shape index (κ3) is 3.64. The number of aliphatic hydroxyl groups is 1. The van der Waals surface area contributed by atoms with Crippen molar-refractivity contribution in [3.63, 3.8) is 0 Å². The summed E-state index contributed by atoms with van der Waals surface area (Å²) in [5.74, 6) is 0.751. The van der Waals surface area contributed by atoms with Crippen LogP contribution < -0.4 is 0 Å². The predicted molar refractivity (Wildman–Crippen MR) is 129 cm³/mol. The van der Waals surface area contributed by atoms with Crippen LogP contribution in [0.2, 0.25) is 0 Å². The van der Waals surface area contributed by atoms with Crippen molar-refractivity contribution in [2.45, 2.75) is 85.2 Å². The molecule has 1 aromatic carbocycles. The molecule has 34 heavy (non-hydrogen) atoms. The van der Waals surface area contributed by atoms with Crippen molar-refractivity contribution in [1.82, 2.24) is 0 Å². The number of carbonyl (C=O) groups excluding carboxylic acids is 2. The summed E-state index contributed by atoms with van der Waals surface area (Å²) in [6.07, 6.45) is 6.71. The number of aromatic hydroxyl groups is 3. The maximum atomic E-state index is 11.4. The molecule has 0 saturated heterocycles. The lowest BCUT2D eigenvalue weighted by Crippen LogP contribution is -2.55. The molecule has 4 rings (SSSR count). The van der Waals surface area contributed by atoms with Crippen molar-refractivity contribution >= 4 is 12.6 Å². The summed E-state index contributed by atoms with van der Waals surface area (Å²) in [5, 5.41) is 42.3. The summed E-state index contributed by atoms with van der Waals surface area (Å²) >= 11 is 0. The van der Waals surface area contributed by atoms with Crippen LogP contribution in [0.3, 0.4) is 0 Å². The van der Waals surface area contributed by atoms with Gasteiger partial charge in [0.25, 0.3) is 0 Å². The number of rotatable bonds is 7. The minimum absolute atomic E-state index is 0.0864. The van der Waals surface area contributed by atoms with Gasteiger partial charge in [0.05, 0.1) is 16.7 Å². The van der Waals surface area contributed by atoms with Crippen molar-refractivity contribution in [3.05, 3.63) is 16.7 Å². The molecule has 4 N–H and O–H groups in total. The van der Waals surface area contributed by atoms with Gasteiger partial charge in [-0.05, 0) is 92.3 Å². The van der Waals surface area contributed by atoms with E-state index >= 15 is 0 Å². The highest BCUT2D eigenvalue weighted by molar-refractivity contribution is 5.94. The molecule has 0 aliphatic heterocycles. The van der Waals surface area contributed by atoms with Gasteiger partial charge in [-0.25, -0.2) is 0 Å². The second-order valence-corrected chi connectivity index (χ2v) is 12.5. The lowest BCUT2D eigenvalue weighted by atomic mass is 9.49. The van der Waals surface area contributed by atoms with Crippen LogP contribution in [-0.2, 0) is 6.42 Å². The first kappa shape index (κ1) is 25.0. The van der Waals surface area contributed by atoms with Crippen molar-refractivity contribution in [1.29, 1.82) is 0 Å². The average Bonchev–Trinajstić information content (AvgIpc) is 3.30. The quantitative estimate of drug-likeness (QED) is 0.404. The van der Waals surface area contributed by atoms with E-state index in [0.29, 0.717) is 54.5 Å². The molecule has 0 radical (unpaired) electrons. The fourth-order valence-corrected chi connectivity index (χ4v) is 8.19. The topological polar surface area (TPSA) is 115 Å². The van der Waals surface area contributed by atoms with Crippen LogP contribution in [0.4, 0.5) is 0 Å². The van der Waals surface area contributed by atoms with E-state index < -0.39 is 22.8 Å². The van der Waals surface area contributed by atoms with E-state index in [1.54, 1.807) is 0 Å². The van der Waals surface area contributed by atoms with Crippen LogP contribution in [0, 0.1) is 40.4 Å². The fraction of sp³-hybridized carbons (Fsp3) is 0.714. The van der Waals surface area contributed by atoms with Gasteiger partial charge in [0.15, 0.2) is 12.6 Å². The molecule has 188 valence electrons. The Kier molecular flexibility index (Phi) is 6.07. The molecule has 7 atom stereocenters. The van der Waals surface area contributed by atoms with E-state index in [9.17, 15) is 30.0 Å². The summed E-state index contributed by atoms with van der Waals surface area (Å²) in [5.41, 5.74) is -0.841. The zero-order chi connectivity index (χ0) is 25.2. The van der Waals surface area contributed by atoms with Gasteiger partial charge in [-0.15, -0.1) is 0 Å². The zero-order valence-electron chi connectivity index (χ0n) is 21.1. The normalized spacial score (nSPS) is 36.8. The number of fused-ring (bicyclic) bond motifs is 3. The SMILES string of the molecule is CC(CCc1c(O)c(C=O)c(O)c(C=O)c1O)CC1CCC(C)(O)C2C3C(CCC12C)C3(C)C. The maximum Gasteiger partial charge on any atom is 0.157 e. The second kappa shape index (κ2) is 8.25. The number of hydrogen-bond donors (Lipinski definition) is 4. The molecule has 6 heteroatoms. The van der Waals surface area contributed by atoms with Gasteiger partial charge in [0, 0.05) is 5.56 Å². The van der Waals surface area contributed by atoms with Crippen LogP contribution in [0.25, 0.3) is 0 Å². The lowest BCUT2D eigenvalue weighted by molar-refractivity contribution is -0.153. The number of phenols is 3. The monoisotopic (exact) mass is 472 g/mol. The standard InChI is InChI=1S/C28H40O6/c1-15(6-7-17-22(31)18(13-29)24(33)19(14-30)23(17)32)12-16-8-11-28(5,34)25-21-20(26(21,2)3)9-10-27(16,25)4/h13-16,20-21,25,31-34H,6-12H2,1-5H3. The Balaban J connectivity index is 1.51. The highest BCUT2D eigenvalue weighted by atomic mass is 16.3. The Bertz CT molecular complexity index is 960. The first-order valence-electron chi connectivity index (χ1n) is 12.7. The minimum atomic E-state index is -0.691. The average molecular weight is 473 g/mol. The molecular formula is C28H40O6. The first-order chi connectivity index (χ1) is 15.8. The van der Waals surface area contributed by atoms with Gasteiger partial charge in [0.2, 0.25) is 0 Å². The van der Waals surface area contributed by atoms with E-state index in [0.717, 1.165) is 25.7 Å². The maximum absolute atomic E-state index is 11.4. The summed E-state index contributed by atoms with van der Waals surface area (Å²) < 4.78 is 0. The van der Waals surface area contributed by atoms with Crippen LogP contribution in [0.5, 0.6) is 17.2 Å². The van der Waals surface area contributed by atoms with Gasteiger partial charge in [0.1, 0.15) is 17.2 Å². The van der Waals surface area contributed by atoms with E-state index in [1.165, 1.54) is 6.42 Å². The second-order valence-electron chi connectivity index (χ2n) is 12.5. The van der Waals surface area contributed by atoms with E-state index in [4.69, 9.17) is 0 Å². The van der Waals surface area contributed by atoms with Gasteiger partial charge in [-0.2, -0.15) is 0 Å². The van der Waals surface area contributed by atoms with Crippen molar-refractivity contribution in [3.8, 4) is 17.2 Å². The zero-order valence-corrected chi connectivity index (χ0v) is 21.1. The third-order valence-corrected chi connectivity index (χ3v) is 10.2. The molecule has 6 nitrogen and oxygen atoms in total. The van der Waals surface area contributed by atoms with Crippen molar-refractivity contribution in [2.24, 2.45) is 40.4 Å². The molecule has 0 aromatic heterocycles. The van der Waals surface area contributed by atoms with Gasteiger partial charge in [-0.1, -0.05) is 27.7 Å². The molecule has 0 heterocycles. The fourth-order valence-electron chi connectivity index (χ4n) is 8.19. The first-order valence-corrected chi connectivity index (χ1v) is 12.7. The van der Waals surface area contributed by atoms with E-state index in [2.05, 4.69) is 27.7 Å². The third-order valence-electron chi connectivity index (χ3n) is 10.2. The molecule has 1 aromatic rings. The molecule has 3 aliphatic carbocycles. The van der Waals surface area contributed by atoms with Gasteiger partial charge in [-0.3, -0.25) is 9.59 Å². The summed E-state index contributed by atoms with van der Waals surface area (Å²) in [6.45, 7) is 11.3. The number of benzene rings is 1. The lowest BCUT2D eigenvalue weighted by Gasteiger charge is -2.57. The molecule has 7 unspecified atom stereocenters. The smallest absolute Gasteiger partial charge is 0.157 e. The minimum Gasteiger partial charge on any atom is -0.507 e. The molecule has 0 amide bonds.